The molecule has 1 heterocycles. The molecule has 8 nitrogen and oxygen atoms in total. The molecule has 1 aliphatic carbocycles. The predicted molar refractivity (Wildman–Crippen MR) is 78.0 cm³/mol. The number of aryl methyl sites for hydroxylation is 1. The van der Waals surface area contributed by atoms with Crippen molar-refractivity contribution in [2.24, 2.45) is 17.6 Å². The van der Waals surface area contributed by atoms with Gasteiger partial charge >= 0.3 is 5.97 Å². The summed E-state index contributed by atoms with van der Waals surface area (Å²) < 4.78 is 1.48. The number of hydrogen-bond acceptors (Lipinski definition) is 4. The molecule has 0 spiro atoms. The molecule has 0 fully saturated rings. The highest BCUT2D eigenvalue weighted by Gasteiger charge is 2.34. The fraction of sp³-hybridized carbons (Fsp3) is 0.429. The molecule has 1 aromatic rings. The minimum atomic E-state index is -1.01. The summed E-state index contributed by atoms with van der Waals surface area (Å²) in [4.78, 5) is 35.0. The average molecular weight is 306 g/mol. The first kappa shape index (κ1) is 15.7. The molecule has 2 atom stereocenters. The summed E-state index contributed by atoms with van der Waals surface area (Å²) in [5.74, 6) is -3.67. The van der Waals surface area contributed by atoms with E-state index in [1.807, 2.05) is 6.92 Å². The molecule has 0 saturated carbocycles. The number of aliphatic carboxylic acids is 1. The van der Waals surface area contributed by atoms with E-state index in [1.54, 1.807) is 12.2 Å². The number of carbonyl (C=O) groups excluding carboxylic acids is 2. The van der Waals surface area contributed by atoms with E-state index in [2.05, 4.69) is 10.4 Å². The molecule has 0 aliphatic heterocycles. The number of nitrogens with two attached hydrogens (primary N) is 1. The third-order valence-corrected chi connectivity index (χ3v) is 3.66. The normalized spacial score (nSPS) is 20.6. The molecule has 0 unspecified atom stereocenters. The van der Waals surface area contributed by atoms with Crippen molar-refractivity contribution in [1.29, 1.82) is 0 Å². The molecule has 1 aliphatic rings. The van der Waals surface area contributed by atoms with Crippen molar-refractivity contribution in [3.8, 4) is 0 Å². The van der Waals surface area contributed by atoms with E-state index in [4.69, 9.17) is 5.73 Å². The fourth-order valence-electron chi connectivity index (χ4n) is 2.46. The first-order valence-electron chi connectivity index (χ1n) is 7.00. The number of carboxylic acids is 1. The first-order chi connectivity index (χ1) is 10.4. The molecule has 1 aromatic heterocycles. The first-order valence-corrected chi connectivity index (χ1v) is 7.00. The minimum Gasteiger partial charge on any atom is -0.481 e. The van der Waals surface area contributed by atoms with Crippen molar-refractivity contribution in [3.63, 3.8) is 0 Å². The van der Waals surface area contributed by atoms with Crippen molar-refractivity contribution in [2.75, 3.05) is 5.32 Å². The summed E-state index contributed by atoms with van der Waals surface area (Å²) in [6, 6.07) is 0. The maximum absolute atomic E-state index is 12.4. The Balaban J connectivity index is 2.21. The number of carbonyl (C=O) groups is 3. The number of allylic oxidation sites excluding steroid dienone is 2. The van der Waals surface area contributed by atoms with Gasteiger partial charge in [0.25, 0.3) is 5.91 Å². The summed E-state index contributed by atoms with van der Waals surface area (Å²) in [5, 5.41) is 15.8. The topological polar surface area (TPSA) is 127 Å². The van der Waals surface area contributed by atoms with E-state index in [-0.39, 0.29) is 11.4 Å². The van der Waals surface area contributed by atoms with Crippen LogP contribution in [-0.4, -0.2) is 32.7 Å². The van der Waals surface area contributed by atoms with Gasteiger partial charge < -0.3 is 16.2 Å². The average Bonchev–Trinajstić information content (AvgIpc) is 2.90. The maximum atomic E-state index is 12.4. The number of nitrogens with one attached hydrogen (secondary N) is 1. The Hall–Kier alpha value is -2.64. The molecule has 0 saturated heterocycles. The third kappa shape index (κ3) is 3.16. The Morgan fingerprint density at radius 2 is 2.00 bits per heavy atom. The minimum absolute atomic E-state index is 0.0339. The summed E-state index contributed by atoms with van der Waals surface area (Å²) >= 11 is 0. The second kappa shape index (κ2) is 6.42. The standard InChI is InChI=1S/C14H18N4O4/c1-2-18-7-10(11(17-18)12(15)19)16-13(20)8-5-3-4-6-9(8)14(21)22/h3-4,7-9H,2,5-6H2,1H3,(H2,15,19)(H,16,20)(H,21,22)/t8-,9-/m1/s1. The van der Waals surface area contributed by atoms with Crippen LogP contribution in [0.15, 0.2) is 18.3 Å². The Kier molecular flexibility index (Phi) is 4.59. The lowest BCUT2D eigenvalue weighted by Crippen LogP contribution is -2.35. The fourth-order valence-corrected chi connectivity index (χ4v) is 2.46. The SMILES string of the molecule is CCn1cc(NC(=O)[C@@H]2CC=CC[C@H]2C(=O)O)c(C(N)=O)n1. The zero-order chi connectivity index (χ0) is 16.3. The summed E-state index contributed by atoms with van der Waals surface area (Å²) in [6.45, 7) is 2.34. The second-order valence-corrected chi connectivity index (χ2v) is 5.09. The monoisotopic (exact) mass is 306 g/mol. The smallest absolute Gasteiger partial charge is 0.307 e. The van der Waals surface area contributed by atoms with Crippen molar-refractivity contribution < 1.29 is 19.5 Å². The van der Waals surface area contributed by atoms with Crippen LogP contribution in [0.5, 0.6) is 0 Å². The molecule has 0 radical (unpaired) electrons. The molecule has 22 heavy (non-hydrogen) atoms. The number of hydrogen-bond donors (Lipinski definition) is 3. The van der Waals surface area contributed by atoms with Crippen molar-refractivity contribution >= 4 is 23.5 Å². The van der Waals surface area contributed by atoms with Crippen LogP contribution in [0.3, 0.4) is 0 Å². The highest BCUT2D eigenvalue weighted by molar-refractivity contribution is 6.02. The van der Waals surface area contributed by atoms with Crippen molar-refractivity contribution in [3.05, 3.63) is 24.0 Å². The molecule has 4 N–H and O–H groups in total. The van der Waals surface area contributed by atoms with E-state index < -0.39 is 29.6 Å². The van der Waals surface area contributed by atoms with Gasteiger partial charge in [0.1, 0.15) is 0 Å². The Morgan fingerprint density at radius 3 is 2.55 bits per heavy atom. The molecule has 8 heteroatoms. The molecular weight excluding hydrogens is 288 g/mol. The largest absolute Gasteiger partial charge is 0.481 e. The molecule has 2 amide bonds. The summed E-state index contributed by atoms with van der Waals surface area (Å²) in [7, 11) is 0. The third-order valence-electron chi connectivity index (χ3n) is 3.66. The zero-order valence-corrected chi connectivity index (χ0v) is 12.2. The van der Waals surface area contributed by atoms with Crippen LogP contribution < -0.4 is 11.1 Å². The van der Waals surface area contributed by atoms with E-state index in [1.165, 1.54) is 10.9 Å². The van der Waals surface area contributed by atoms with Crippen LogP contribution in [0.4, 0.5) is 5.69 Å². The number of amides is 2. The van der Waals surface area contributed by atoms with Gasteiger partial charge in [-0.05, 0) is 19.8 Å². The van der Waals surface area contributed by atoms with Gasteiger partial charge in [0.05, 0.1) is 17.5 Å². The highest BCUT2D eigenvalue weighted by Crippen LogP contribution is 2.27. The highest BCUT2D eigenvalue weighted by atomic mass is 16.4. The zero-order valence-electron chi connectivity index (χ0n) is 12.2. The maximum Gasteiger partial charge on any atom is 0.307 e. The lowest BCUT2D eigenvalue weighted by molar-refractivity contribution is -0.146. The van der Waals surface area contributed by atoms with Crippen LogP contribution in [0, 0.1) is 11.8 Å². The molecule has 2 rings (SSSR count). The Morgan fingerprint density at radius 1 is 1.36 bits per heavy atom. The molecular formula is C14H18N4O4. The quantitative estimate of drug-likeness (QED) is 0.687. The van der Waals surface area contributed by atoms with E-state index in [0.29, 0.717) is 19.4 Å². The second-order valence-electron chi connectivity index (χ2n) is 5.09. The van der Waals surface area contributed by atoms with Gasteiger partial charge in [-0.2, -0.15) is 5.10 Å². The van der Waals surface area contributed by atoms with Gasteiger partial charge in [-0.3, -0.25) is 19.1 Å². The number of primary amides is 1. The van der Waals surface area contributed by atoms with Gasteiger partial charge in [-0.15, -0.1) is 0 Å². The Bertz CT molecular complexity index is 635. The van der Waals surface area contributed by atoms with Gasteiger partial charge in [0.2, 0.25) is 5.91 Å². The predicted octanol–water partition coefficient (Wildman–Crippen LogP) is 0.607. The number of carboxylic acid groups (broad SMARTS) is 1. The molecule has 0 bridgehead atoms. The van der Waals surface area contributed by atoms with E-state index in [0.717, 1.165) is 0 Å². The van der Waals surface area contributed by atoms with Crippen LogP contribution in [0.2, 0.25) is 0 Å². The molecule has 0 aromatic carbocycles. The molecule has 118 valence electrons. The van der Waals surface area contributed by atoms with Gasteiger partial charge in [0, 0.05) is 12.7 Å². The van der Waals surface area contributed by atoms with Crippen molar-refractivity contribution in [1.82, 2.24) is 9.78 Å². The summed E-state index contributed by atoms with van der Waals surface area (Å²) in [6.07, 6.45) is 5.70. The van der Waals surface area contributed by atoms with Gasteiger partial charge in [0.15, 0.2) is 5.69 Å². The van der Waals surface area contributed by atoms with Crippen LogP contribution in [0.25, 0.3) is 0 Å². The number of rotatable bonds is 5. The van der Waals surface area contributed by atoms with Crippen molar-refractivity contribution in [2.45, 2.75) is 26.3 Å². The number of aromatic nitrogens is 2. The summed E-state index contributed by atoms with van der Waals surface area (Å²) in [5.41, 5.74) is 5.41. The number of anilines is 1. The van der Waals surface area contributed by atoms with E-state index >= 15 is 0 Å². The Labute approximate surface area is 127 Å². The van der Waals surface area contributed by atoms with Crippen LogP contribution in [-0.2, 0) is 16.1 Å². The van der Waals surface area contributed by atoms with Gasteiger partial charge in [-0.25, -0.2) is 0 Å². The van der Waals surface area contributed by atoms with Gasteiger partial charge in [-0.1, -0.05) is 12.2 Å². The van der Waals surface area contributed by atoms with Crippen LogP contribution in [0.1, 0.15) is 30.3 Å². The lowest BCUT2D eigenvalue weighted by atomic mass is 9.82. The van der Waals surface area contributed by atoms with Crippen LogP contribution >= 0.6 is 0 Å². The van der Waals surface area contributed by atoms with E-state index in [9.17, 15) is 19.5 Å². The number of nitrogens with zero attached hydrogens (tertiary/aromatic N) is 2. The lowest BCUT2D eigenvalue weighted by Gasteiger charge is -2.24.